The maximum Gasteiger partial charge on any atom is 0.245 e. The molecule has 6 nitrogen and oxygen atoms in total. The van der Waals surface area contributed by atoms with Crippen molar-refractivity contribution in [2.45, 2.75) is 9.96 Å². The number of alkyl halides is 3. The van der Waals surface area contributed by atoms with E-state index < -0.39 is 15.9 Å². The van der Waals surface area contributed by atoms with Crippen LogP contribution in [0.1, 0.15) is 5.56 Å². The fourth-order valence-corrected chi connectivity index (χ4v) is 3.21. The van der Waals surface area contributed by atoms with E-state index in [1.165, 1.54) is 6.08 Å². The molecule has 0 unspecified atom stereocenters. The monoisotopic (exact) mass is 531 g/mol. The van der Waals surface area contributed by atoms with Crippen LogP contribution in [-0.4, -0.2) is 21.0 Å². The van der Waals surface area contributed by atoms with Crippen molar-refractivity contribution >= 4 is 81.2 Å². The number of rotatable bonds is 7. The number of benzene rings is 3. The second-order valence-electron chi connectivity index (χ2n) is 6.91. The first-order valence-electron chi connectivity index (χ1n) is 10.0. The molecule has 0 radical (unpaired) electrons. The van der Waals surface area contributed by atoms with Crippen LogP contribution in [0.5, 0.6) is 0 Å². The predicted octanol–water partition coefficient (Wildman–Crippen LogP) is 6.91. The van der Waals surface area contributed by atoms with Gasteiger partial charge in [0.15, 0.2) is 5.11 Å². The lowest BCUT2D eigenvalue weighted by Crippen LogP contribution is -2.55. The summed E-state index contributed by atoms with van der Waals surface area (Å²) in [5, 5.41) is 16.9. The van der Waals surface area contributed by atoms with Crippen LogP contribution in [0.4, 0.5) is 17.1 Å². The van der Waals surface area contributed by atoms with E-state index in [0.717, 1.165) is 11.3 Å². The van der Waals surface area contributed by atoms with E-state index in [4.69, 9.17) is 47.0 Å². The molecule has 0 aliphatic carbocycles. The van der Waals surface area contributed by atoms with Gasteiger partial charge in [0.1, 0.15) is 6.17 Å². The van der Waals surface area contributed by atoms with Gasteiger partial charge in [-0.15, -0.1) is 0 Å². The molecule has 0 fully saturated rings. The van der Waals surface area contributed by atoms with Gasteiger partial charge in [0.25, 0.3) is 0 Å². The lowest BCUT2D eigenvalue weighted by atomic mass is 10.2. The van der Waals surface area contributed by atoms with Crippen molar-refractivity contribution in [1.29, 1.82) is 0 Å². The van der Waals surface area contributed by atoms with Gasteiger partial charge in [0.2, 0.25) is 9.70 Å². The first kappa shape index (κ1) is 25.6. The normalized spacial score (nSPS) is 12.4. The average Bonchev–Trinajstić information content (AvgIpc) is 2.82. The van der Waals surface area contributed by atoms with Crippen LogP contribution < -0.4 is 16.0 Å². The fourth-order valence-electron chi connectivity index (χ4n) is 2.65. The number of hydrogen-bond acceptors (Lipinski definition) is 4. The molecule has 174 valence electrons. The summed E-state index contributed by atoms with van der Waals surface area (Å²) in [7, 11) is 0. The predicted molar refractivity (Wildman–Crippen MR) is 144 cm³/mol. The van der Waals surface area contributed by atoms with Crippen molar-refractivity contribution in [2.75, 3.05) is 5.32 Å². The molecular formula is C24H20Cl3N5OS. The minimum Gasteiger partial charge on any atom is -0.339 e. The van der Waals surface area contributed by atoms with E-state index in [2.05, 4.69) is 26.2 Å². The molecule has 1 atom stereocenters. The molecule has 0 spiro atoms. The number of nitrogens with zero attached hydrogens (tertiary/aromatic N) is 2. The van der Waals surface area contributed by atoms with Crippen molar-refractivity contribution in [3.8, 4) is 0 Å². The van der Waals surface area contributed by atoms with Crippen LogP contribution in [0.15, 0.2) is 101 Å². The van der Waals surface area contributed by atoms with E-state index >= 15 is 0 Å². The highest BCUT2D eigenvalue weighted by Crippen LogP contribution is 2.29. The Labute approximate surface area is 218 Å². The molecule has 0 aromatic heterocycles. The van der Waals surface area contributed by atoms with Crippen LogP contribution in [-0.2, 0) is 4.79 Å². The summed E-state index contributed by atoms with van der Waals surface area (Å²) in [6, 6.07) is 25.9. The molecule has 0 aliphatic rings. The van der Waals surface area contributed by atoms with Crippen molar-refractivity contribution in [3.05, 3.63) is 96.6 Å². The first-order chi connectivity index (χ1) is 16.3. The minimum absolute atomic E-state index is 0.155. The molecule has 3 aromatic carbocycles. The number of nitrogens with one attached hydrogen (secondary N) is 3. The highest BCUT2D eigenvalue weighted by molar-refractivity contribution is 7.80. The number of thiocarbonyl (C=S) groups is 1. The third-order valence-corrected chi connectivity index (χ3v) is 5.15. The Morgan fingerprint density at radius 3 is 1.97 bits per heavy atom. The topological polar surface area (TPSA) is 77.9 Å². The summed E-state index contributed by atoms with van der Waals surface area (Å²) in [5.41, 5.74) is 2.97. The summed E-state index contributed by atoms with van der Waals surface area (Å²) in [6.45, 7) is 0. The molecular weight excluding hydrogens is 513 g/mol. The molecule has 0 bridgehead atoms. The Bertz CT molecular complexity index is 1150. The maximum absolute atomic E-state index is 12.3. The van der Waals surface area contributed by atoms with Gasteiger partial charge in [0.05, 0.1) is 11.4 Å². The van der Waals surface area contributed by atoms with Crippen LogP contribution >= 0.6 is 47.0 Å². The highest BCUT2D eigenvalue weighted by Gasteiger charge is 2.34. The Morgan fingerprint density at radius 2 is 1.38 bits per heavy atom. The van der Waals surface area contributed by atoms with Crippen LogP contribution in [0.25, 0.3) is 6.08 Å². The number of halogens is 3. The quantitative estimate of drug-likeness (QED) is 0.102. The minimum atomic E-state index is -1.86. The second kappa shape index (κ2) is 12.5. The zero-order valence-electron chi connectivity index (χ0n) is 17.7. The molecule has 3 rings (SSSR count). The molecule has 10 heteroatoms. The van der Waals surface area contributed by atoms with Gasteiger partial charge < -0.3 is 16.0 Å². The number of carbonyl (C=O) groups excluding carboxylic acids is 1. The van der Waals surface area contributed by atoms with Crippen LogP contribution in [0.3, 0.4) is 0 Å². The number of amides is 1. The summed E-state index contributed by atoms with van der Waals surface area (Å²) in [6.07, 6.45) is 1.92. The lowest BCUT2D eigenvalue weighted by molar-refractivity contribution is -0.117. The van der Waals surface area contributed by atoms with Crippen LogP contribution in [0, 0.1) is 0 Å². The van der Waals surface area contributed by atoms with Crippen LogP contribution in [0.2, 0.25) is 0 Å². The van der Waals surface area contributed by atoms with Gasteiger partial charge in [-0.25, -0.2) is 0 Å². The van der Waals surface area contributed by atoms with Crippen molar-refractivity contribution < 1.29 is 4.79 Å². The lowest BCUT2D eigenvalue weighted by Gasteiger charge is -2.27. The fraction of sp³-hybridized carbons (Fsp3) is 0.0833. The molecule has 3 aromatic rings. The Morgan fingerprint density at radius 1 is 0.824 bits per heavy atom. The number of anilines is 1. The van der Waals surface area contributed by atoms with E-state index in [0.29, 0.717) is 11.4 Å². The Kier molecular flexibility index (Phi) is 9.42. The molecule has 3 N–H and O–H groups in total. The van der Waals surface area contributed by atoms with Gasteiger partial charge in [-0.2, -0.15) is 10.2 Å². The van der Waals surface area contributed by atoms with Gasteiger partial charge >= 0.3 is 0 Å². The van der Waals surface area contributed by atoms with Crippen molar-refractivity contribution in [2.24, 2.45) is 10.2 Å². The Balaban J connectivity index is 1.56. The summed E-state index contributed by atoms with van der Waals surface area (Å²) in [4.78, 5) is 12.3. The zero-order valence-corrected chi connectivity index (χ0v) is 20.7. The average molecular weight is 533 g/mol. The number of hydrogen-bond donors (Lipinski definition) is 3. The summed E-state index contributed by atoms with van der Waals surface area (Å²) in [5.74, 6) is -0.455. The van der Waals surface area contributed by atoms with E-state index in [1.807, 2.05) is 60.7 Å². The summed E-state index contributed by atoms with van der Waals surface area (Å²) < 4.78 is -1.86. The van der Waals surface area contributed by atoms with Gasteiger partial charge in [-0.1, -0.05) is 83.3 Å². The molecule has 1 amide bonds. The smallest absolute Gasteiger partial charge is 0.245 e. The number of carbonyl (C=O) groups is 1. The highest BCUT2D eigenvalue weighted by atomic mass is 35.6. The first-order valence-corrected chi connectivity index (χ1v) is 11.6. The van der Waals surface area contributed by atoms with Gasteiger partial charge in [-0.05, 0) is 60.3 Å². The standard InChI is InChI=1S/C24H20Cl3N5OS/c25-24(26,27)22(29-21(33)16-11-17-7-3-1-4-8-17)30-23(34)28-18-12-14-20(15-13-18)32-31-19-9-5-2-6-10-19/h1-16,22H,(H,29,33)(H2,28,30,34)/b16-11-,32-31?/t22-/m0/s1. The second-order valence-corrected chi connectivity index (χ2v) is 9.69. The van der Waals surface area contributed by atoms with E-state index in [-0.39, 0.29) is 5.11 Å². The largest absolute Gasteiger partial charge is 0.339 e. The molecule has 0 saturated heterocycles. The third-order valence-electron chi connectivity index (χ3n) is 4.28. The molecule has 0 saturated carbocycles. The van der Waals surface area contributed by atoms with E-state index in [9.17, 15) is 4.79 Å². The number of azo groups is 1. The summed E-state index contributed by atoms with van der Waals surface area (Å²) >= 11 is 23.4. The SMILES string of the molecule is O=C(/C=C\c1ccccc1)N[C@@H](NC(=S)Nc1ccc(N=Nc2ccccc2)cc1)C(Cl)(Cl)Cl. The molecule has 34 heavy (non-hydrogen) atoms. The zero-order chi connectivity index (χ0) is 24.4. The van der Waals surface area contributed by atoms with Gasteiger partial charge in [0, 0.05) is 11.8 Å². The van der Waals surface area contributed by atoms with Crippen molar-refractivity contribution in [1.82, 2.24) is 10.6 Å². The maximum atomic E-state index is 12.3. The van der Waals surface area contributed by atoms with Gasteiger partial charge in [-0.3, -0.25) is 4.79 Å². The third kappa shape index (κ3) is 8.76. The Hall–Kier alpha value is -2.97. The molecule has 0 aliphatic heterocycles. The molecule has 0 heterocycles. The van der Waals surface area contributed by atoms with E-state index in [1.54, 1.807) is 30.3 Å². The van der Waals surface area contributed by atoms with Crippen molar-refractivity contribution in [3.63, 3.8) is 0 Å².